The Kier molecular flexibility index (Phi) is 10.4. The molecule has 0 amide bonds. The van der Waals surface area contributed by atoms with Crippen molar-refractivity contribution < 1.29 is 0 Å². The molecule has 1 fully saturated rings. The molecule has 0 saturated heterocycles. The Hall–Kier alpha value is -0.780. The van der Waals surface area contributed by atoms with Gasteiger partial charge in [0.05, 0.1) is 0 Å². The lowest BCUT2D eigenvalue weighted by Crippen LogP contribution is -2.05. The molecular formula is C20H34. The minimum Gasteiger partial charge on any atom is -0.0654 e. The third kappa shape index (κ3) is 8.40. The Morgan fingerprint density at radius 2 is 1.55 bits per heavy atom. The second-order valence-corrected chi connectivity index (χ2v) is 6.19. The monoisotopic (exact) mass is 274 g/mol. The van der Waals surface area contributed by atoms with Crippen molar-refractivity contribution in [3.05, 3.63) is 35.9 Å². The van der Waals surface area contributed by atoms with Crippen LogP contribution in [0.15, 0.2) is 30.3 Å². The van der Waals surface area contributed by atoms with Crippen molar-refractivity contribution in [1.82, 2.24) is 0 Å². The zero-order valence-corrected chi connectivity index (χ0v) is 13.7. The van der Waals surface area contributed by atoms with Gasteiger partial charge >= 0.3 is 0 Å². The van der Waals surface area contributed by atoms with Gasteiger partial charge < -0.3 is 0 Å². The van der Waals surface area contributed by atoms with Crippen LogP contribution in [0.2, 0.25) is 0 Å². The average molecular weight is 274 g/mol. The van der Waals surface area contributed by atoms with Crippen LogP contribution in [-0.2, 0) is 6.42 Å². The van der Waals surface area contributed by atoms with E-state index in [2.05, 4.69) is 38.1 Å². The van der Waals surface area contributed by atoms with E-state index in [9.17, 15) is 0 Å². The minimum atomic E-state index is 1.11. The van der Waals surface area contributed by atoms with E-state index in [-0.39, 0.29) is 0 Å². The topological polar surface area (TPSA) is 0 Å². The molecule has 0 N–H and O–H groups in total. The molecule has 20 heavy (non-hydrogen) atoms. The maximum Gasteiger partial charge on any atom is -0.0307 e. The second kappa shape index (κ2) is 12.0. The smallest absolute Gasteiger partial charge is 0.0307 e. The fourth-order valence-electron chi connectivity index (χ4n) is 3.05. The standard InChI is InChI=1S/C12H24.C8H10/c1-2-3-4-6-9-12-10-7-5-8-11-12;1-2-8-6-4-3-5-7-8/h12H,2-11H2,1H3;3-7H,2H2,1H3. The highest BCUT2D eigenvalue weighted by molar-refractivity contribution is 5.13. The van der Waals surface area contributed by atoms with E-state index in [1.165, 1.54) is 69.8 Å². The Morgan fingerprint density at radius 3 is 2.10 bits per heavy atom. The van der Waals surface area contributed by atoms with E-state index in [4.69, 9.17) is 0 Å². The molecular weight excluding hydrogens is 240 g/mol. The normalized spacial score (nSPS) is 15.5. The summed E-state index contributed by atoms with van der Waals surface area (Å²) < 4.78 is 0. The SMILES string of the molecule is CCCCCCC1CCCCC1.CCc1ccccc1. The predicted octanol–water partition coefficient (Wildman–Crippen LogP) is 6.79. The third-order valence-electron chi connectivity index (χ3n) is 4.44. The molecule has 0 aromatic heterocycles. The maximum atomic E-state index is 2.29. The summed E-state index contributed by atoms with van der Waals surface area (Å²) in [5.74, 6) is 1.11. The summed E-state index contributed by atoms with van der Waals surface area (Å²) in [6.45, 7) is 4.45. The van der Waals surface area contributed by atoms with Crippen molar-refractivity contribution in [2.45, 2.75) is 84.5 Å². The Morgan fingerprint density at radius 1 is 0.850 bits per heavy atom. The lowest BCUT2D eigenvalue weighted by molar-refractivity contribution is 0.328. The fraction of sp³-hybridized carbons (Fsp3) is 0.700. The van der Waals surface area contributed by atoms with E-state index in [1.54, 1.807) is 0 Å². The molecule has 1 aromatic rings. The van der Waals surface area contributed by atoms with Gasteiger partial charge in [-0.1, -0.05) is 108 Å². The van der Waals surface area contributed by atoms with Gasteiger partial charge in [0.2, 0.25) is 0 Å². The van der Waals surface area contributed by atoms with Gasteiger partial charge in [-0.25, -0.2) is 0 Å². The lowest BCUT2D eigenvalue weighted by atomic mass is 9.85. The quantitative estimate of drug-likeness (QED) is 0.501. The Balaban J connectivity index is 0.000000217. The van der Waals surface area contributed by atoms with E-state index in [1.807, 2.05) is 6.07 Å². The number of rotatable bonds is 6. The van der Waals surface area contributed by atoms with Crippen LogP contribution < -0.4 is 0 Å². The van der Waals surface area contributed by atoms with Gasteiger partial charge in [-0.15, -0.1) is 0 Å². The molecule has 1 aliphatic carbocycles. The molecule has 0 radical (unpaired) electrons. The first-order valence-electron chi connectivity index (χ1n) is 8.90. The first kappa shape index (κ1) is 17.3. The summed E-state index contributed by atoms with van der Waals surface area (Å²) in [4.78, 5) is 0. The zero-order chi connectivity index (χ0) is 14.5. The van der Waals surface area contributed by atoms with Crippen LogP contribution in [0.1, 0.15) is 83.6 Å². The van der Waals surface area contributed by atoms with Crippen molar-refractivity contribution in [3.63, 3.8) is 0 Å². The van der Waals surface area contributed by atoms with Crippen molar-refractivity contribution in [1.29, 1.82) is 0 Å². The van der Waals surface area contributed by atoms with Gasteiger partial charge in [0.25, 0.3) is 0 Å². The van der Waals surface area contributed by atoms with E-state index in [0.29, 0.717) is 0 Å². The number of hydrogen-bond acceptors (Lipinski definition) is 0. The second-order valence-electron chi connectivity index (χ2n) is 6.19. The summed E-state index contributed by atoms with van der Waals surface area (Å²) in [7, 11) is 0. The van der Waals surface area contributed by atoms with Gasteiger partial charge in [-0.3, -0.25) is 0 Å². The summed E-state index contributed by atoms with van der Waals surface area (Å²) in [6, 6.07) is 10.5. The molecule has 2 rings (SSSR count). The molecule has 0 heteroatoms. The van der Waals surface area contributed by atoms with Crippen LogP contribution in [0.25, 0.3) is 0 Å². The zero-order valence-electron chi connectivity index (χ0n) is 13.7. The molecule has 1 saturated carbocycles. The van der Waals surface area contributed by atoms with Gasteiger partial charge in [0.1, 0.15) is 0 Å². The van der Waals surface area contributed by atoms with Crippen molar-refractivity contribution in [3.8, 4) is 0 Å². The molecule has 0 heterocycles. The highest BCUT2D eigenvalue weighted by Gasteiger charge is 2.11. The summed E-state index contributed by atoms with van der Waals surface area (Å²) in [5.41, 5.74) is 1.41. The Bertz CT molecular complexity index is 295. The number of aryl methyl sites for hydroxylation is 1. The van der Waals surface area contributed by atoms with Gasteiger partial charge in [-0.2, -0.15) is 0 Å². The van der Waals surface area contributed by atoms with Crippen LogP contribution in [0, 0.1) is 5.92 Å². The van der Waals surface area contributed by atoms with Crippen LogP contribution in [0.3, 0.4) is 0 Å². The van der Waals surface area contributed by atoms with Crippen LogP contribution >= 0.6 is 0 Å². The first-order valence-corrected chi connectivity index (χ1v) is 8.90. The number of benzene rings is 1. The molecule has 0 atom stereocenters. The van der Waals surface area contributed by atoms with Crippen LogP contribution in [0.4, 0.5) is 0 Å². The molecule has 0 unspecified atom stereocenters. The van der Waals surface area contributed by atoms with Crippen LogP contribution in [0.5, 0.6) is 0 Å². The van der Waals surface area contributed by atoms with E-state index in [0.717, 1.165) is 12.3 Å². The molecule has 0 bridgehead atoms. The fourth-order valence-corrected chi connectivity index (χ4v) is 3.05. The number of hydrogen-bond donors (Lipinski definition) is 0. The molecule has 0 aliphatic heterocycles. The van der Waals surface area contributed by atoms with Gasteiger partial charge in [0, 0.05) is 0 Å². The highest BCUT2D eigenvalue weighted by atomic mass is 14.2. The molecule has 1 aromatic carbocycles. The summed E-state index contributed by atoms with van der Waals surface area (Å²) in [5, 5.41) is 0. The third-order valence-corrected chi connectivity index (χ3v) is 4.44. The largest absolute Gasteiger partial charge is 0.0654 e. The highest BCUT2D eigenvalue weighted by Crippen LogP contribution is 2.27. The van der Waals surface area contributed by atoms with Gasteiger partial charge in [0.15, 0.2) is 0 Å². The molecule has 1 aliphatic rings. The minimum absolute atomic E-state index is 1.11. The lowest BCUT2D eigenvalue weighted by Gasteiger charge is -2.21. The van der Waals surface area contributed by atoms with Crippen molar-refractivity contribution >= 4 is 0 Å². The average Bonchev–Trinajstić information content (AvgIpc) is 2.54. The number of unbranched alkanes of at least 4 members (excludes halogenated alkanes) is 3. The van der Waals surface area contributed by atoms with Crippen molar-refractivity contribution in [2.75, 3.05) is 0 Å². The van der Waals surface area contributed by atoms with Gasteiger partial charge in [-0.05, 0) is 17.9 Å². The summed E-state index contributed by atoms with van der Waals surface area (Å²) in [6.07, 6.45) is 16.1. The molecule has 114 valence electrons. The maximum absolute atomic E-state index is 2.29. The summed E-state index contributed by atoms with van der Waals surface area (Å²) >= 11 is 0. The molecule has 0 spiro atoms. The molecule has 0 nitrogen and oxygen atoms in total. The van der Waals surface area contributed by atoms with E-state index >= 15 is 0 Å². The predicted molar refractivity (Wildman–Crippen MR) is 91.2 cm³/mol. The van der Waals surface area contributed by atoms with Crippen LogP contribution in [-0.4, -0.2) is 0 Å². The Labute approximate surface area is 127 Å². The first-order chi connectivity index (χ1) is 9.86. The van der Waals surface area contributed by atoms with E-state index < -0.39 is 0 Å². The van der Waals surface area contributed by atoms with Crippen molar-refractivity contribution in [2.24, 2.45) is 5.92 Å².